The van der Waals surface area contributed by atoms with Gasteiger partial charge >= 0.3 is 0 Å². The molecule has 0 saturated carbocycles. The molecule has 3 nitrogen and oxygen atoms in total. The van der Waals surface area contributed by atoms with Crippen LogP contribution < -0.4 is 16.2 Å². The average molecular weight is 235 g/mol. The third-order valence-electron chi connectivity index (χ3n) is 3.05. The Balaban J connectivity index is 2.68. The van der Waals surface area contributed by atoms with Crippen LogP contribution in [-0.2, 0) is 0 Å². The first-order valence-electron chi connectivity index (χ1n) is 6.28. The Bertz CT molecular complexity index is 317. The largest absolute Gasteiger partial charge is 0.378 e. The van der Waals surface area contributed by atoms with E-state index in [-0.39, 0.29) is 6.04 Å². The van der Waals surface area contributed by atoms with Gasteiger partial charge in [0.05, 0.1) is 0 Å². The lowest BCUT2D eigenvalue weighted by molar-refractivity contribution is 0.448. The maximum atomic E-state index is 5.63. The normalized spacial score (nSPS) is 12.8. The molecule has 1 atom stereocenters. The zero-order chi connectivity index (χ0) is 12.8. The Morgan fingerprint density at radius 2 is 1.71 bits per heavy atom. The molecule has 3 N–H and O–H groups in total. The molecule has 1 unspecified atom stereocenters. The van der Waals surface area contributed by atoms with Gasteiger partial charge in [0, 0.05) is 25.8 Å². The highest BCUT2D eigenvalue weighted by Gasteiger charge is 2.10. The van der Waals surface area contributed by atoms with Gasteiger partial charge in [0.25, 0.3) is 0 Å². The van der Waals surface area contributed by atoms with Crippen molar-refractivity contribution >= 4 is 5.69 Å². The highest BCUT2D eigenvalue weighted by atomic mass is 15.2. The summed E-state index contributed by atoms with van der Waals surface area (Å²) in [5, 5.41) is 0. The molecule has 1 aromatic rings. The zero-order valence-electron chi connectivity index (χ0n) is 11.4. The van der Waals surface area contributed by atoms with E-state index in [1.165, 1.54) is 17.7 Å². The lowest BCUT2D eigenvalue weighted by Gasteiger charge is -2.19. The number of nitrogens with zero attached hydrogens (tertiary/aromatic N) is 1. The van der Waals surface area contributed by atoms with E-state index in [9.17, 15) is 0 Å². The van der Waals surface area contributed by atoms with Crippen molar-refractivity contribution in [3.8, 4) is 0 Å². The van der Waals surface area contributed by atoms with Crippen molar-refractivity contribution in [1.29, 1.82) is 0 Å². The summed E-state index contributed by atoms with van der Waals surface area (Å²) in [6.07, 6.45) is 2.26. The van der Waals surface area contributed by atoms with Crippen molar-refractivity contribution < 1.29 is 0 Å². The summed E-state index contributed by atoms with van der Waals surface area (Å²) < 4.78 is 0. The van der Waals surface area contributed by atoms with Gasteiger partial charge in [-0.05, 0) is 36.5 Å². The number of anilines is 1. The van der Waals surface area contributed by atoms with Crippen LogP contribution in [0.2, 0.25) is 0 Å². The maximum absolute atomic E-state index is 5.63. The Hall–Kier alpha value is -1.06. The summed E-state index contributed by atoms with van der Waals surface area (Å²) in [6.45, 7) is 4.48. The van der Waals surface area contributed by atoms with Crippen LogP contribution in [0.1, 0.15) is 38.3 Å². The topological polar surface area (TPSA) is 41.3 Å². The summed E-state index contributed by atoms with van der Waals surface area (Å²) in [7, 11) is 4.10. The minimum absolute atomic E-state index is 0.258. The summed E-state index contributed by atoms with van der Waals surface area (Å²) in [5.41, 5.74) is 5.39. The molecule has 96 valence electrons. The third kappa shape index (κ3) is 4.36. The van der Waals surface area contributed by atoms with Crippen molar-refractivity contribution in [2.24, 2.45) is 11.8 Å². The van der Waals surface area contributed by atoms with Gasteiger partial charge in [0.1, 0.15) is 0 Å². The summed E-state index contributed by atoms with van der Waals surface area (Å²) in [5.74, 6) is 6.34. The van der Waals surface area contributed by atoms with Crippen LogP contribution in [-0.4, -0.2) is 14.1 Å². The van der Waals surface area contributed by atoms with Crippen LogP contribution in [0.3, 0.4) is 0 Å². The smallest absolute Gasteiger partial charge is 0.0460 e. The molecule has 0 aliphatic rings. The summed E-state index contributed by atoms with van der Waals surface area (Å²) in [6, 6.07) is 8.83. The minimum atomic E-state index is 0.258. The number of benzene rings is 1. The van der Waals surface area contributed by atoms with Crippen LogP contribution in [0.25, 0.3) is 0 Å². The highest BCUT2D eigenvalue weighted by Crippen LogP contribution is 2.22. The number of nitrogens with two attached hydrogens (primary N) is 1. The molecule has 0 radical (unpaired) electrons. The van der Waals surface area contributed by atoms with Gasteiger partial charge in [-0.15, -0.1) is 0 Å². The molecular formula is C14H25N3. The minimum Gasteiger partial charge on any atom is -0.378 e. The van der Waals surface area contributed by atoms with Crippen LogP contribution in [0.4, 0.5) is 5.69 Å². The lowest BCUT2D eigenvalue weighted by Crippen LogP contribution is -2.28. The van der Waals surface area contributed by atoms with Crippen LogP contribution in [0, 0.1) is 5.92 Å². The van der Waals surface area contributed by atoms with Crippen LogP contribution in [0.15, 0.2) is 24.3 Å². The van der Waals surface area contributed by atoms with Crippen molar-refractivity contribution in [3.05, 3.63) is 29.8 Å². The number of nitrogens with one attached hydrogen (secondary N) is 1. The first-order valence-corrected chi connectivity index (χ1v) is 6.28. The average Bonchev–Trinajstić information content (AvgIpc) is 2.30. The van der Waals surface area contributed by atoms with E-state index in [0.717, 1.165) is 6.42 Å². The molecule has 0 saturated heterocycles. The van der Waals surface area contributed by atoms with Gasteiger partial charge in [0.2, 0.25) is 0 Å². The van der Waals surface area contributed by atoms with Gasteiger partial charge < -0.3 is 4.90 Å². The molecule has 0 spiro atoms. The molecule has 1 rings (SSSR count). The molecule has 0 aliphatic carbocycles. The molecule has 0 amide bonds. The Morgan fingerprint density at radius 1 is 1.12 bits per heavy atom. The van der Waals surface area contributed by atoms with Crippen molar-refractivity contribution in [2.45, 2.75) is 32.7 Å². The fraction of sp³-hybridized carbons (Fsp3) is 0.571. The van der Waals surface area contributed by atoms with Crippen molar-refractivity contribution in [2.75, 3.05) is 19.0 Å². The molecule has 0 aliphatic heterocycles. The van der Waals surface area contributed by atoms with Gasteiger partial charge in [-0.2, -0.15) is 0 Å². The summed E-state index contributed by atoms with van der Waals surface area (Å²) >= 11 is 0. The second-order valence-corrected chi connectivity index (χ2v) is 5.18. The third-order valence-corrected chi connectivity index (χ3v) is 3.05. The van der Waals surface area contributed by atoms with E-state index < -0.39 is 0 Å². The van der Waals surface area contributed by atoms with E-state index >= 15 is 0 Å². The van der Waals surface area contributed by atoms with E-state index in [1.54, 1.807) is 0 Å². The van der Waals surface area contributed by atoms with E-state index in [4.69, 9.17) is 5.84 Å². The predicted molar refractivity (Wildman–Crippen MR) is 74.9 cm³/mol. The fourth-order valence-electron chi connectivity index (χ4n) is 1.85. The first-order chi connectivity index (χ1) is 8.04. The molecule has 1 aromatic carbocycles. The molecule has 3 heteroatoms. The van der Waals surface area contributed by atoms with Crippen molar-refractivity contribution in [3.63, 3.8) is 0 Å². The number of hydrazine groups is 1. The van der Waals surface area contributed by atoms with Crippen molar-refractivity contribution in [1.82, 2.24) is 5.43 Å². The number of rotatable bonds is 6. The highest BCUT2D eigenvalue weighted by molar-refractivity contribution is 5.46. The number of hydrogen-bond donors (Lipinski definition) is 2. The second-order valence-electron chi connectivity index (χ2n) is 5.18. The molecular weight excluding hydrogens is 210 g/mol. The maximum Gasteiger partial charge on any atom is 0.0460 e. The van der Waals surface area contributed by atoms with Crippen LogP contribution >= 0.6 is 0 Å². The molecule has 0 heterocycles. The monoisotopic (exact) mass is 235 g/mol. The standard InChI is InChI=1S/C14H25N3/c1-11(2)5-10-14(16-15)12-6-8-13(9-7-12)17(3)4/h6-9,11,14,16H,5,10,15H2,1-4H3. The Morgan fingerprint density at radius 3 is 2.12 bits per heavy atom. The van der Waals surface area contributed by atoms with Gasteiger partial charge in [0.15, 0.2) is 0 Å². The summed E-state index contributed by atoms with van der Waals surface area (Å²) in [4.78, 5) is 2.10. The zero-order valence-corrected chi connectivity index (χ0v) is 11.4. The number of hydrogen-bond acceptors (Lipinski definition) is 3. The van der Waals surface area contributed by atoms with E-state index in [2.05, 4.69) is 48.4 Å². The Labute approximate surface area is 105 Å². The quantitative estimate of drug-likeness (QED) is 0.588. The predicted octanol–water partition coefficient (Wildman–Crippen LogP) is 2.69. The molecule has 0 aromatic heterocycles. The lowest BCUT2D eigenvalue weighted by atomic mass is 9.98. The van der Waals surface area contributed by atoms with Gasteiger partial charge in [-0.1, -0.05) is 26.0 Å². The SMILES string of the molecule is CC(C)CCC(NN)c1ccc(N(C)C)cc1. The fourth-order valence-corrected chi connectivity index (χ4v) is 1.85. The van der Waals surface area contributed by atoms with E-state index in [1.807, 2.05) is 14.1 Å². The molecule has 17 heavy (non-hydrogen) atoms. The molecule has 0 fully saturated rings. The molecule has 0 bridgehead atoms. The van der Waals surface area contributed by atoms with Gasteiger partial charge in [-0.3, -0.25) is 11.3 Å². The van der Waals surface area contributed by atoms with Gasteiger partial charge in [-0.25, -0.2) is 0 Å². The first kappa shape index (κ1) is 14.0. The second kappa shape index (κ2) is 6.62. The van der Waals surface area contributed by atoms with Crippen LogP contribution in [0.5, 0.6) is 0 Å². The Kier molecular flexibility index (Phi) is 5.45. The van der Waals surface area contributed by atoms with E-state index in [0.29, 0.717) is 5.92 Å².